The summed E-state index contributed by atoms with van der Waals surface area (Å²) in [5, 5.41) is 4.11. The van der Waals surface area contributed by atoms with Crippen LogP contribution in [0.5, 0.6) is 0 Å². The Hall–Kier alpha value is -1.05. The van der Waals surface area contributed by atoms with Crippen LogP contribution in [0.1, 0.15) is 103 Å². The second-order valence-electron chi connectivity index (χ2n) is 6.85. The third-order valence-electron chi connectivity index (χ3n) is 4.86. The van der Waals surface area contributed by atoms with Crippen molar-refractivity contribution in [2.75, 3.05) is 0 Å². The SMILES string of the molecule is C=Cc1nocc1C(C)(CCCCCC)CCCCCCC. The van der Waals surface area contributed by atoms with Crippen molar-refractivity contribution in [1.82, 2.24) is 5.16 Å². The Labute approximate surface area is 137 Å². The highest BCUT2D eigenvalue weighted by Gasteiger charge is 2.29. The van der Waals surface area contributed by atoms with Gasteiger partial charge in [0.05, 0.1) is 0 Å². The van der Waals surface area contributed by atoms with Crippen LogP contribution in [0.4, 0.5) is 0 Å². The molecule has 0 aliphatic carbocycles. The topological polar surface area (TPSA) is 26.0 Å². The lowest BCUT2D eigenvalue weighted by Crippen LogP contribution is -2.22. The van der Waals surface area contributed by atoms with Crippen molar-refractivity contribution in [3.05, 3.63) is 24.1 Å². The minimum Gasteiger partial charge on any atom is -0.364 e. The molecule has 22 heavy (non-hydrogen) atoms. The Morgan fingerprint density at radius 2 is 1.55 bits per heavy atom. The number of hydrogen-bond donors (Lipinski definition) is 0. The molecule has 0 aliphatic rings. The van der Waals surface area contributed by atoms with Gasteiger partial charge in [-0.1, -0.05) is 90.3 Å². The van der Waals surface area contributed by atoms with E-state index in [0.717, 1.165) is 5.69 Å². The highest BCUT2D eigenvalue weighted by Crippen LogP contribution is 2.37. The van der Waals surface area contributed by atoms with Crippen LogP contribution in [0.2, 0.25) is 0 Å². The van der Waals surface area contributed by atoms with Gasteiger partial charge in [-0.2, -0.15) is 0 Å². The van der Waals surface area contributed by atoms with E-state index in [0.29, 0.717) is 0 Å². The van der Waals surface area contributed by atoms with Gasteiger partial charge >= 0.3 is 0 Å². The minimum absolute atomic E-state index is 0.184. The lowest BCUT2D eigenvalue weighted by atomic mass is 9.74. The molecule has 1 unspecified atom stereocenters. The molecule has 0 amide bonds. The van der Waals surface area contributed by atoms with Crippen LogP contribution in [-0.2, 0) is 5.41 Å². The zero-order valence-corrected chi connectivity index (χ0v) is 15.0. The first kappa shape index (κ1) is 19.0. The summed E-state index contributed by atoms with van der Waals surface area (Å²) in [6.45, 7) is 10.8. The minimum atomic E-state index is 0.184. The number of unbranched alkanes of at least 4 members (excludes halogenated alkanes) is 7. The van der Waals surface area contributed by atoms with Crippen molar-refractivity contribution in [1.29, 1.82) is 0 Å². The molecule has 1 rings (SSSR count). The maximum Gasteiger partial charge on any atom is 0.128 e. The van der Waals surface area contributed by atoms with E-state index in [9.17, 15) is 0 Å². The fourth-order valence-corrected chi connectivity index (χ4v) is 3.30. The molecular weight excluding hydrogens is 270 g/mol. The van der Waals surface area contributed by atoms with Gasteiger partial charge in [-0.3, -0.25) is 0 Å². The first-order valence-corrected chi connectivity index (χ1v) is 9.25. The smallest absolute Gasteiger partial charge is 0.128 e. The Kier molecular flexibility index (Phi) is 9.19. The van der Waals surface area contributed by atoms with Crippen molar-refractivity contribution in [3.63, 3.8) is 0 Å². The predicted octanol–water partition coefficient (Wildman–Crippen LogP) is 6.91. The monoisotopic (exact) mass is 305 g/mol. The molecule has 126 valence electrons. The van der Waals surface area contributed by atoms with Gasteiger partial charge in [0.1, 0.15) is 12.0 Å². The third-order valence-corrected chi connectivity index (χ3v) is 4.86. The van der Waals surface area contributed by atoms with Crippen molar-refractivity contribution < 1.29 is 4.52 Å². The molecule has 2 nitrogen and oxygen atoms in total. The molecule has 1 aromatic heterocycles. The average molecular weight is 306 g/mol. The van der Waals surface area contributed by atoms with E-state index in [1.807, 2.05) is 12.3 Å². The molecular formula is C20H35NO. The summed E-state index contributed by atoms with van der Waals surface area (Å²) < 4.78 is 5.23. The highest BCUT2D eigenvalue weighted by atomic mass is 16.5. The standard InChI is InChI=1S/C20H35NO/c1-5-8-10-12-14-16-20(4,15-13-11-9-6-2)18-17-22-21-19(18)7-3/h7,17H,3,5-6,8-16H2,1-2,4H3. The molecule has 1 atom stereocenters. The zero-order chi connectivity index (χ0) is 16.3. The summed E-state index contributed by atoms with van der Waals surface area (Å²) >= 11 is 0. The molecule has 0 spiro atoms. The van der Waals surface area contributed by atoms with Crippen LogP contribution in [0.25, 0.3) is 6.08 Å². The van der Waals surface area contributed by atoms with Gasteiger partial charge in [-0.25, -0.2) is 0 Å². The average Bonchev–Trinajstić information content (AvgIpc) is 3.01. The molecule has 0 fully saturated rings. The molecule has 0 bridgehead atoms. The fraction of sp³-hybridized carbons (Fsp3) is 0.750. The molecule has 2 heteroatoms. The Balaban J connectivity index is 2.65. The maximum atomic E-state index is 5.23. The van der Waals surface area contributed by atoms with E-state index in [4.69, 9.17) is 4.52 Å². The molecule has 0 radical (unpaired) electrons. The van der Waals surface area contributed by atoms with Crippen LogP contribution >= 0.6 is 0 Å². The number of hydrogen-bond acceptors (Lipinski definition) is 2. The third kappa shape index (κ3) is 5.98. The molecule has 0 aromatic carbocycles. The number of nitrogens with zero attached hydrogens (tertiary/aromatic N) is 1. The number of rotatable bonds is 13. The van der Waals surface area contributed by atoms with Gasteiger partial charge in [0.2, 0.25) is 0 Å². The molecule has 0 N–H and O–H groups in total. The van der Waals surface area contributed by atoms with Gasteiger partial charge in [0.15, 0.2) is 0 Å². The second-order valence-corrected chi connectivity index (χ2v) is 6.85. The summed E-state index contributed by atoms with van der Waals surface area (Å²) in [4.78, 5) is 0. The first-order valence-electron chi connectivity index (χ1n) is 9.25. The Morgan fingerprint density at radius 3 is 2.09 bits per heavy atom. The van der Waals surface area contributed by atoms with Crippen LogP contribution < -0.4 is 0 Å². The maximum absolute atomic E-state index is 5.23. The molecule has 1 aromatic rings. The summed E-state index contributed by atoms with van der Waals surface area (Å²) in [5.74, 6) is 0. The largest absolute Gasteiger partial charge is 0.364 e. The summed E-state index contributed by atoms with van der Waals surface area (Å²) in [6, 6.07) is 0. The Bertz CT molecular complexity index is 410. The zero-order valence-electron chi connectivity index (χ0n) is 15.0. The fourth-order valence-electron chi connectivity index (χ4n) is 3.30. The van der Waals surface area contributed by atoms with E-state index in [-0.39, 0.29) is 5.41 Å². The van der Waals surface area contributed by atoms with E-state index in [2.05, 4.69) is 32.5 Å². The van der Waals surface area contributed by atoms with Gasteiger partial charge in [-0.15, -0.1) is 0 Å². The van der Waals surface area contributed by atoms with Gasteiger partial charge < -0.3 is 4.52 Å². The van der Waals surface area contributed by atoms with E-state index < -0.39 is 0 Å². The Morgan fingerprint density at radius 1 is 1.00 bits per heavy atom. The molecule has 0 saturated carbocycles. The summed E-state index contributed by atoms with van der Waals surface area (Å²) in [6.07, 6.45) is 18.1. The van der Waals surface area contributed by atoms with Crippen LogP contribution in [0, 0.1) is 0 Å². The summed E-state index contributed by atoms with van der Waals surface area (Å²) in [7, 11) is 0. The lowest BCUT2D eigenvalue weighted by Gasteiger charge is -2.29. The summed E-state index contributed by atoms with van der Waals surface area (Å²) in [5.41, 5.74) is 2.38. The lowest BCUT2D eigenvalue weighted by molar-refractivity contribution is 0.357. The second kappa shape index (κ2) is 10.6. The van der Waals surface area contributed by atoms with Crippen LogP contribution in [-0.4, -0.2) is 5.16 Å². The van der Waals surface area contributed by atoms with E-state index >= 15 is 0 Å². The van der Waals surface area contributed by atoms with Gasteiger partial charge in [0.25, 0.3) is 0 Å². The quantitative estimate of drug-likeness (QED) is 0.370. The van der Waals surface area contributed by atoms with Crippen LogP contribution in [0.3, 0.4) is 0 Å². The van der Waals surface area contributed by atoms with Crippen molar-refractivity contribution in [2.45, 2.75) is 96.8 Å². The highest BCUT2D eigenvalue weighted by molar-refractivity contribution is 5.48. The van der Waals surface area contributed by atoms with Gasteiger partial charge in [0, 0.05) is 5.56 Å². The first-order chi connectivity index (χ1) is 10.7. The van der Waals surface area contributed by atoms with Crippen molar-refractivity contribution in [3.8, 4) is 0 Å². The van der Waals surface area contributed by atoms with E-state index in [1.54, 1.807) is 0 Å². The van der Waals surface area contributed by atoms with Gasteiger partial charge in [-0.05, 0) is 24.3 Å². The normalized spacial score (nSPS) is 14.0. The number of aromatic nitrogens is 1. The van der Waals surface area contributed by atoms with Crippen LogP contribution in [0.15, 0.2) is 17.4 Å². The molecule has 0 aliphatic heterocycles. The molecule has 0 saturated heterocycles. The molecule has 1 heterocycles. The van der Waals surface area contributed by atoms with Crippen molar-refractivity contribution >= 4 is 6.08 Å². The van der Waals surface area contributed by atoms with E-state index in [1.165, 1.54) is 76.2 Å². The predicted molar refractivity (Wildman–Crippen MR) is 96.1 cm³/mol. The van der Waals surface area contributed by atoms with Crippen molar-refractivity contribution in [2.24, 2.45) is 0 Å².